The number of Topliss-reactive ketones (excluding diaryl/α,β-unsaturated/α-hetero) is 1. The Labute approximate surface area is 188 Å². The van der Waals surface area contributed by atoms with Crippen molar-refractivity contribution in [3.63, 3.8) is 0 Å². The fourth-order valence-electron chi connectivity index (χ4n) is 3.39. The maximum atomic E-state index is 12.9. The number of hydrogen-bond donors (Lipinski definition) is 1. The van der Waals surface area contributed by atoms with E-state index in [0.29, 0.717) is 24.5 Å². The molecule has 0 spiro atoms. The van der Waals surface area contributed by atoms with E-state index in [2.05, 4.69) is 5.32 Å². The minimum absolute atomic E-state index is 0.0298. The summed E-state index contributed by atoms with van der Waals surface area (Å²) in [6.45, 7) is 3.27. The maximum Gasteiger partial charge on any atom is 0.243 e. The van der Waals surface area contributed by atoms with Gasteiger partial charge >= 0.3 is 0 Å². The molecule has 0 bridgehead atoms. The lowest BCUT2D eigenvalue weighted by Gasteiger charge is -2.26. The van der Waals surface area contributed by atoms with Gasteiger partial charge in [0.1, 0.15) is 5.75 Å². The number of benzene rings is 2. The number of amides is 1. The average Bonchev–Trinajstić information content (AvgIpc) is 2.83. The topological polar surface area (TPSA) is 102 Å². The quantitative estimate of drug-likeness (QED) is 0.578. The number of morpholine rings is 1. The molecule has 0 saturated carbocycles. The second-order valence-electron chi connectivity index (χ2n) is 7.40. The summed E-state index contributed by atoms with van der Waals surface area (Å²) in [5.74, 6) is -0.193. The Balaban J connectivity index is 1.67. The number of nitrogens with one attached hydrogen (secondary N) is 1. The van der Waals surface area contributed by atoms with Crippen molar-refractivity contribution < 1.29 is 27.5 Å². The van der Waals surface area contributed by atoms with Crippen molar-refractivity contribution in [2.75, 3.05) is 38.7 Å². The van der Waals surface area contributed by atoms with Crippen molar-refractivity contribution in [3.05, 3.63) is 53.6 Å². The number of anilines is 1. The van der Waals surface area contributed by atoms with Gasteiger partial charge in [0, 0.05) is 31.5 Å². The molecular formula is C23H28N2O6S. The third-order valence-electron chi connectivity index (χ3n) is 5.32. The number of aryl methyl sites for hydroxylation is 1. The number of rotatable bonds is 9. The van der Waals surface area contributed by atoms with Crippen molar-refractivity contribution in [3.8, 4) is 5.75 Å². The fourth-order valence-corrected chi connectivity index (χ4v) is 4.83. The van der Waals surface area contributed by atoms with Gasteiger partial charge in [0.05, 0.1) is 30.9 Å². The molecule has 1 aliphatic rings. The highest BCUT2D eigenvalue weighted by atomic mass is 32.2. The predicted octanol–water partition coefficient (Wildman–Crippen LogP) is 2.88. The molecule has 0 atom stereocenters. The van der Waals surface area contributed by atoms with Gasteiger partial charge in [-0.15, -0.1) is 0 Å². The summed E-state index contributed by atoms with van der Waals surface area (Å²) in [7, 11) is -2.29. The van der Waals surface area contributed by atoms with Crippen molar-refractivity contribution in [1.82, 2.24) is 4.31 Å². The Bertz CT molecular complexity index is 1060. The van der Waals surface area contributed by atoms with E-state index in [1.807, 2.05) is 19.1 Å². The minimum atomic E-state index is -3.72. The van der Waals surface area contributed by atoms with Crippen LogP contribution in [0.5, 0.6) is 5.75 Å². The average molecular weight is 461 g/mol. The lowest BCUT2D eigenvalue weighted by atomic mass is 10.0. The van der Waals surface area contributed by atoms with E-state index in [1.54, 1.807) is 12.1 Å². The number of ether oxygens (including phenoxy) is 2. The Morgan fingerprint density at radius 2 is 1.75 bits per heavy atom. The molecule has 2 aromatic carbocycles. The second-order valence-corrected chi connectivity index (χ2v) is 9.34. The standard InChI is InChI=1S/C23H28N2O6S/c1-3-17-4-6-18(7-5-17)21(26)9-11-23(27)24-20-16-19(8-10-22(20)30-2)32(28,29)25-12-14-31-15-13-25/h4-8,10,16H,3,9,11-15H2,1-2H3,(H,24,27). The van der Waals surface area contributed by atoms with Gasteiger partial charge in [-0.25, -0.2) is 8.42 Å². The maximum absolute atomic E-state index is 12.9. The lowest BCUT2D eigenvalue weighted by molar-refractivity contribution is -0.116. The van der Waals surface area contributed by atoms with Crippen LogP contribution in [-0.2, 0) is 26.0 Å². The number of nitrogens with zero attached hydrogens (tertiary/aromatic N) is 1. The van der Waals surface area contributed by atoms with Gasteiger partial charge in [-0.05, 0) is 30.2 Å². The van der Waals surface area contributed by atoms with Crippen LogP contribution >= 0.6 is 0 Å². The molecule has 1 heterocycles. The zero-order valence-corrected chi connectivity index (χ0v) is 19.1. The first-order valence-electron chi connectivity index (χ1n) is 10.5. The molecule has 8 nitrogen and oxygen atoms in total. The molecule has 9 heteroatoms. The summed E-state index contributed by atoms with van der Waals surface area (Å²) in [5, 5.41) is 2.68. The summed E-state index contributed by atoms with van der Waals surface area (Å²) in [6, 6.07) is 11.7. The van der Waals surface area contributed by atoms with Crippen molar-refractivity contribution in [2.45, 2.75) is 31.1 Å². The van der Waals surface area contributed by atoms with E-state index in [9.17, 15) is 18.0 Å². The number of sulfonamides is 1. The van der Waals surface area contributed by atoms with Gasteiger partial charge in [0.2, 0.25) is 15.9 Å². The summed E-state index contributed by atoms with van der Waals surface area (Å²) in [6.07, 6.45) is 0.905. The third kappa shape index (κ3) is 5.73. The highest BCUT2D eigenvalue weighted by molar-refractivity contribution is 7.89. The van der Waals surface area contributed by atoms with E-state index < -0.39 is 15.9 Å². The van der Waals surface area contributed by atoms with Gasteiger partial charge in [-0.1, -0.05) is 31.2 Å². The smallest absolute Gasteiger partial charge is 0.243 e. The second kappa shape index (κ2) is 10.7. The molecule has 0 radical (unpaired) electrons. The van der Waals surface area contributed by atoms with Crippen molar-refractivity contribution in [2.24, 2.45) is 0 Å². The normalized spacial score (nSPS) is 14.7. The zero-order chi connectivity index (χ0) is 23.1. The Hall–Kier alpha value is -2.75. The Morgan fingerprint density at radius 1 is 1.06 bits per heavy atom. The molecule has 1 aliphatic heterocycles. The van der Waals surface area contributed by atoms with Crippen LogP contribution < -0.4 is 10.1 Å². The molecule has 0 unspecified atom stereocenters. The van der Waals surface area contributed by atoms with Gasteiger partial charge in [0.25, 0.3) is 0 Å². The van der Waals surface area contributed by atoms with Crippen LogP contribution in [-0.4, -0.2) is 57.8 Å². The fraction of sp³-hybridized carbons (Fsp3) is 0.391. The third-order valence-corrected chi connectivity index (χ3v) is 7.21. The van der Waals surface area contributed by atoms with E-state index in [0.717, 1.165) is 12.0 Å². The Kier molecular flexibility index (Phi) is 8.00. The van der Waals surface area contributed by atoms with Crippen LogP contribution in [0.25, 0.3) is 0 Å². The van der Waals surface area contributed by atoms with Crippen molar-refractivity contribution in [1.29, 1.82) is 0 Å². The molecule has 1 saturated heterocycles. The van der Waals surface area contributed by atoms with Crippen LogP contribution in [0.3, 0.4) is 0 Å². The van der Waals surface area contributed by atoms with Crippen LogP contribution in [0.1, 0.15) is 35.7 Å². The number of ketones is 1. The summed E-state index contributed by atoms with van der Waals surface area (Å²) >= 11 is 0. The van der Waals surface area contributed by atoms with Crippen LogP contribution in [0.4, 0.5) is 5.69 Å². The first-order valence-corrected chi connectivity index (χ1v) is 12.0. The summed E-state index contributed by atoms with van der Waals surface area (Å²) in [5.41, 5.74) is 1.94. The first-order chi connectivity index (χ1) is 15.3. The van der Waals surface area contributed by atoms with Gasteiger partial charge < -0.3 is 14.8 Å². The molecule has 1 fully saturated rings. The SMILES string of the molecule is CCc1ccc(C(=O)CCC(=O)Nc2cc(S(=O)(=O)N3CCOCC3)ccc2OC)cc1. The Morgan fingerprint density at radius 3 is 2.38 bits per heavy atom. The molecule has 3 rings (SSSR count). The number of methoxy groups -OCH3 is 1. The number of carbonyl (C=O) groups is 2. The van der Waals surface area contributed by atoms with Gasteiger partial charge in [-0.3, -0.25) is 9.59 Å². The number of carbonyl (C=O) groups excluding carboxylic acids is 2. The van der Waals surface area contributed by atoms with Gasteiger partial charge in [-0.2, -0.15) is 4.31 Å². The monoisotopic (exact) mass is 460 g/mol. The summed E-state index contributed by atoms with van der Waals surface area (Å²) < 4.78 is 37.7. The minimum Gasteiger partial charge on any atom is -0.495 e. The van der Waals surface area contributed by atoms with Crippen molar-refractivity contribution >= 4 is 27.4 Å². The van der Waals surface area contributed by atoms with Gasteiger partial charge in [0.15, 0.2) is 5.78 Å². The number of hydrogen-bond acceptors (Lipinski definition) is 6. The summed E-state index contributed by atoms with van der Waals surface area (Å²) in [4.78, 5) is 24.9. The van der Waals surface area contributed by atoms with E-state index in [1.165, 1.54) is 29.6 Å². The van der Waals surface area contributed by atoms with Crippen LogP contribution in [0.2, 0.25) is 0 Å². The molecule has 32 heavy (non-hydrogen) atoms. The lowest BCUT2D eigenvalue weighted by Crippen LogP contribution is -2.40. The molecule has 172 valence electrons. The van der Waals surface area contributed by atoms with E-state index in [-0.39, 0.29) is 42.3 Å². The molecule has 1 N–H and O–H groups in total. The predicted molar refractivity (Wildman–Crippen MR) is 121 cm³/mol. The highest BCUT2D eigenvalue weighted by Gasteiger charge is 2.27. The van der Waals surface area contributed by atoms with Crippen LogP contribution in [0.15, 0.2) is 47.4 Å². The van der Waals surface area contributed by atoms with E-state index in [4.69, 9.17) is 9.47 Å². The molecule has 2 aromatic rings. The van der Waals surface area contributed by atoms with Crippen LogP contribution in [0, 0.1) is 0 Å². The molecule has 1 amide bonds. The molecule has 0 aromatic heterocycles. The molecular weight excluding hydrogens is 432 g/mol. The molecule has 0 aliphatic carbocycles. The first kappa shape index (κ1) is 23.9. The largest absolute Gasteiger partial charge is 0.495 e. The van der Waals surface area contributed by atoms with E-state index >= 15 is 0 Å². The zero-order valence-electron chi connectivity index (χ0n) is 18.3. The highest BCUT2D eigenvalue weighted by Crippen LogP contribution is 2.29.